The van der Waals surface area contributed by atoms with Gasteiger partial charge in [-0.05, 0) is 12.1 Å². The quantitative estimate of drug-likeness (QED) is 0.569. The van der Waals surface area contributed by atoms with Gasteiger partial charge in [0.15, 0.2) is 6.73 Å². The lowest BCUT2D eigenvalue weighted by Gasteiger charge is -2.03. The highest BCUT2D eigenvalue weighted by Gasteiger charge is 2.15. The van der Waals surface area contributed by atoms with E-state index in [0.29, 0.717) is 6.73 Å². The summed E-state index contributed by atoms with van der Waals surface area (Å²) in [6, 6.07) is 7.84. The second-order valence-corrected chi connectivity index (χ2v) is 2.62. The van der Waals surface area contributed by atoms with Crippen LogP contribution in [0.15, 0.2) is 24.3 Å². The van der Waals surface area contributed by atoms with Gasteiger partial charge in [0, 0.05) is 0 Å². The molecule has 3 heteroatoms. The van der Waals surface area contributed by atoms with Crippen molar-refractivity contribution in [2.45, 2.75) is 0 Å². The first-order valence-corrected chi connectivity index (χ1v) is 3.46. The molecule has 10 heavy (non-hydrogen) atoms. The van der Waals surface area contributed by atoms with E-state index in [2.05, 4.69) is 12.8 Å². The lowest BCUT2D eigenvalue weighted by Crippen LogP contribution is -2.07. The maximum atomic E-state index is 5.26. The van der Waals surface area contributed by atoms with Crippen molar-refractivity contribution in [1.82, 2.24) is 0 Å². The molecule has 0 atom stereocenters. The maximum absolute atomic E-state index is 5.26. The van der Waals surface area contributed by atoms with E-state index in [9.17, 15) is 0 Å². The van der Waals surface area contributed by atoms with Gasteiger partial charge in [0.05, 0.1) is 5.69 Å². The Labute approximate surface area is 65.0 Å². The van der Waals surface area contributed by atoms with E-state index in [-0.39, 0.29) is 0 Å². The summed E-state index contributed by atoms with van der Waals surface area (Å²) in [5.74, 6) is 0.914. The van der Waals surface area contributed by atoms with Gasteiger partial charge in [0.1, 0.15) is 5.75 Å². The van der Waals surface area contributed by atoms with Crippen LogP contribution >= 0.6 is 12.8 Å². The summed E-state index contributed by atoms with van der Waals surface area (Å²) < 4.78 is 7.03. The third kappa shape index (κ3) is 0.743. The summed E-state index contributed by atoms with van der Waals surface area (Å²) in [7, 11) is 0. The van der Waals surface area contributed by atoms with Crippen LogP contribution in [0, 0.1) is 0 Å². The Morgan fingerprint density at radius 3 is 3.00 bits per heavy atom. The zero-order chi connectivity index (χ0) is 6.97. The standard InChI is InChI=1S/C7H7NOS/c10-8-5-9-7-4-2-1-3-6(7)8/h1-4,10H,5H2. The van der Waals surface area contributed by atoms with Gasteiger partial charge < -0.3 is 4.74 Å². The Morgan fingerprint density at radius 2 is 2.20 bits per heavy atom. The van der Waals surface area contributed by atoms with E-state index in [4.69, 9.17) is 4.74 Å². The van der Waals surface area contributed by atoms with E-state index in [1.165, 1.54) is 0 Å². The highest BCUT2D eigenvalue weighted by molar-refractivity contribution is 7.81. The highest BCUT2D eigenvalue weighted by Crippen LogP contribution is 2.33. The molecule has 1 aliphatic rings. The summed E-state index contributed by atoms with van der Waals surface area (Å²) in [5, 5.41) is 0. The lowest BCUT2D eigenvalue weighted by molar-refractivity contribution is 0.364. The first-order valence-electron chi connectivity index (χ1n) is 3.06. The number of benzene rings is 1. The average molecular weight is 153 g/mol. The monoisotopic (exact) mass is 153 g/mol. The van der Waals surface area contributed by atoms with Gasteiger partial charge in [-0.2, -0.15) is 0 Å². The maximum Gasteiger partial charge on any atom is 0.171 e. The average Bonchev–Trinajstić information content (AvgIpc) is 2.34. The summed E-state index contributed by atoms with van der Waals surface area (Å²) in [4.78, 5) is 0. The zero-order valence-corrected chi connectivity index (χ0v) is 6.21. The first-order chi connectivity index (χ1) is 4.88. The van der Waals surface area contributed by atoms with Gasteiger partial charge >= 0.3 is 0 Å². The number of fused-ring (bicyclic) bond motifs is 1. The fourth-order valence-corrected chi connectivity index (χ4v) is 1.22. The van der Waals surface area contributed by atoms with Gasteiger partial charge in [0.2, 0.25) is 0 Å². The molecule has 2 rings (SSSR count). The summed E-state index contributed by atoms with van der Waals surface area (Å²) in [6.07, 6.45) is 0. The molecule has 0 radical (unpaired) electrons. The normalized spacial score (nSPS) is 14.7. The molecule has 0 fully saturated rings. The van der Waals surface area contributed by atoms with Gasteiger partial charge in [-0.15, -0.1) is 0 Å². The van der Waals surface area contributed by atoms with E-state index < -0.39 is 0 Å². The molecule has 1 aromatic rings. The molecule has 0 aliphatic carbocycles. The molecule has 0 spiro atoms. The fraction of sp³-hybridized carbons (Fsp3) is 0.143. The minimum atomic E-state index is 0.544. The Balaban J connectivity index is 2.51. The van der Waals surface area contributed by atoms with Crippen molar-refractivity contribution in [3.63, 3.8) is 0 Å². The number of anilines is 1. The Bertz CT molecular complexity index is 251. The van der Waals surface area contributed by atoms with Crippen LogP contribution in [-0.2, 0) is 0 Å². The minimum absolute atomic E-state index is 0.544. The molecular weight excluding hydrogens is 146 g/mol. The summed E-state index contributed by atoms with van der Waals surface area (Å²) in [5.41, 5.74) is 1.05. The molecule has 1 aromatic carbocycles. The lowest BCUT2D eigenvalue weighted by atomic mass is 10.3. The van der Waals surface area contributed by atoms with Crippen LogP contribution in [0.4, 0.5) is 5.69 Å². The molecule has 2 nitrogen and oxygen atoms in total. The van der Waals surface area contributed by atoms with Crippen molar-refractivity contribution >= 4 is 18.5 Å². The summed E-state index contributed by atoms with van der Waals surface area (Å²) in [6.45, 7) is 0.544. The number of thiol groups is 1. The summed E-state index contributed by atoms with van der Waals surface area (Å²) >= 11 is 4.18. The van der Waals surface area contributed by atoms with E-state index in [0.717, 1.165) is 11.4 Å². The fourth-order valence-electron chi connectivity index (χ4n) is 0.993. The topological polar surface area (TPSA) is 12.5 Å². The highest BCUT2D eigenvalue weighted by atomic mass is 32.1. The van der Waals surface area contributed by atoms with Gasteiger partial charge in [0.25, 0.3) is 0 Å². The predicted octanol–water partition coefficient (Wildman–Crippen LogP) is 1.69. The van der Waals surface area contributed by atoms with Crippen molar-refractivity contribution in [2.75, 3.05) is 11.0 Å². The Hall–Kier alpha value is -0.830. The van der Waals surface area contributed by atoms with Gasteiger partial charge in [-0.25, -0.2) is 0 Å². The zero-order valence-electron chi connectivity index (χ0n) is 5.32. The molecule has 0 saturated carbocycles. The number of para-hydroxylation sites is 2. The van der Waals surface area contributed by atoms with Crippen molar-refractivity contribution in [1.29, 1.82) is 0 Å². The number of hydrogen-bond donors (Lipinski definition) is 1. The van der Waals surface area contributed by atoms with Gasteiger partial charge in [-0.3, -0.25) is 4.31 Å². The second kappa shape index (κ2) is 2.09. The minimum Gasteiger partial charge on any atom is -0.470 e. The van der Waals surface area contributed by atoms with Crippen molar-refractivity contribution < 1.29 is 4.74 Å². The number of nitrogens with zero attached hydrogens (tertiary/aromatic N) is 1. The molecule has 1 heterocycles. The molecule has 0 aromatic heterocycles. The number of ether oxygens (including phenoxy) is 1. The third-order valence-electron chi connectivity index (χ3n) is 1.49. The third-order valence-corrected chi connectivity index (χ3v) is 1.82. The van der Waals surface area contributed by atoms with Crippen LogP contribution in [0.2, 0.25) is 0 Å². The van der Waals surface area contributed by atoms with Crippen molar-refractivity contribution in [2.24, 2.45) is 0 Å². The molecule has 0 saturated heterocycles. The van der Waals surface area contributed by atoms with Crippen LogP contribution in [-0.4, -0.2) is 6.73 Å². The van der Waals surface area contributed by atoms with Crippen molar-refractivity contribution in [3.8, 4) is 5.75 Å². The molecule has 0 amide bonds. The Morgan fingerprint density at radius 1 is 1.40 bits per heavy atom. The SMILES string of the molecule is SN1COc2ccccc21. The van der Waals surface area contributed by atoms with E-state index in [1.807, 2.05) is 24.3 Å². The van der Waals surface area contributed by atoms with E-state index >= 15 is 0 Å². The van der Waals surface area contributed by atoms with Crippen LogP contribution in [0.3, 0.4) is 0 Å². The number of hydrogen-bond acceptors (Lipinski definition) is 3. The smallest absolute Gasteiger partial charge is 0.171 e. The molecule has 52 valence electrons. The van der Waals surface area contributed by atoms with Gasteiger partial charge in [-0.1, -0.05) is 24.9 Å². The van der Waals surface area contributed by atoms with Crippen LogP contribution < -0.4 is 9.04 Å². The predicted molar refractivity (Wildman–Crippen MR) is 43.4 cm³/mol. The first kappa shape index (κ1) is 5.92. The number of rotatable bonds is 0. The molecular formula is C7H7NOS. The Kier molecular flexibility index (Phi) is 1.24. The van der Waals surface area contributed by atoms with Crippen LogP contribution in [0.25, 0.3) is 0 Å². The molecule has 0 N–H and O–H groups in total. The molecule has 1 aliphatic heterocycles. The second-order valence-electron chi connectivity index (χ2n) is 2.14. The molecule has 0 bridgehead atoms. The van der Waals surface area contributed by atoms with Crippen molar-refractivity contribution in [3.05, 3.63) is 24.3 Å². The van der Waals surface area contributed by atoms with Crippen LogP contribution in [0.1, 0.15) is 0 Å². The largest absolute Gasteiger partial charge is 0.470 e. The van der Waals surface area contributed by atoms with E-state index in [1.54, 1.807) is 4.31 Å². The van der Waals surface area contributed by atoms with Crippen LogP contribution in [0.5, 0.6) is 5.75 Å². The molecule has 0 unspecified atom stereocenters.